The average Bonchev–Trinajstić information content (AvgIpc) is 3.32. The van der Waals surface area contributed by atoms with E-state index in [9.17, 15) is 13.6 Å². The molecule has 1 N–H and O–H groups in total. The highest BCUT2D eigenvalue weighted by atomic mass is 19.3. The number of nitrogens with one attached hydrogen (secondary N) is 1. The first kappa shape index (κ1) is 19.8. The summed E-state index contributed by atoms with van der Waals surface area (Å²) in [6, 6.07) is 2.43. The molecule has 2 aromatic heterocycles. The van der Waals surface area contributed by atoms with Crippen LogP contribution in [0.5, 0.6) is 0 Å². The van der Waals surface area contributed by atoms with E-state index in [2.05, 4.69) is 15.6 Å². The first-order valence-corrected chi connectivity index (χ1v) is 10.2. The fourth-order valence-corrected chi connectivity index (χ4v) is 4.35. The molecular formula is C20H27F2N5O2. The van der Waals surface area contributed by atoms with Crippen molar-refractivity contribution in [3.8, 4) is 0 Å². The van der Waals surface area contributed by atoms with Crippen LogP contribution in [0.25, 0.3) is 0 Å². The Morgan fingerprint density at radius 1 is 1.34 bits per heavy atom. The van der Waals surface area contributed by atoms with E-state index >= 15 is 0 Å². The molecular weight excluding hydrogens is 380 g/mol. The fourth-order valence-electron chi connectivity index (χ4n) is 4.35. The smallest absolute Gasteiger partial charge is 0.276 e. The number of anilines is 1. The number of likely N-dealkylation sites (tertiary alicyclic amines) is 1. The molecule has 0 aliphatic carbocycles. The number of carbonyl (C=O) groups is 1. The molecule has 0 bridgehead atoms. The molecule has 29 heavy (non-hydrogen) atoms. The molecule has 0 saturated carbocycles. The van der Waals surface area contributed by atoms with Crippen LogP contribution in [0.15, 0.2) is 16.7 Å². The molecule has 7 nitrogen and oxygen atoms in total. The van der Waals surface area contributed by atoms with E-state index in [0.29, 0.717) is 42.5 Å². The molecule has 1 fully saturated rings. The van der Waals surface area contributed by atoms with Gasteiger partial charge >= 0.3 is 0 Å². The zero-order valence-electron chi connectivity index (χ0n) is 16.9. The Bertz CT molecular complexity index is 878. The number of carbonyl (C=O) groups excluding carboxylic acids is 1. The van der Waals surface area contributed by atoms with E-state index in [4.69, 9.17) is 4.52 Å². The van der Waals surface area contributed by atoms with E-state index in [1.165, 1.54) is 4.68 Å². The van der Waals surface area contributed by atoms with E-state index in [1.807, 2.05) is 13.8 Å². The Labute approximate surface area is 168 Å². The minimum absolute atomic E-state index is 0.0920. The summed E-state index contributed by atoms with van der Waals surface area (Å²) in [5.41, 5.74) is 1.02. The zero-order chi connectivity index (χ0) is 20.7. The normalized spacial score (nSPS) is 24.7. The number of rotatable bonds is 4. The molecule has 1 saturated heterocycles. The van der Waals surface area contributed by atoms with Crippen LogP contribution in [0.1, 0.15) is 67.0 Å². The van der Waals surface area contributed by atoms with Crippen molar-refractivity contribution in [2.45, 2.75) is 64.5 Å². The highest BCUT2D eigenvalue weighted by Crippen LogP contribution is 2.36. The Morgan fingerprint density at radius 3 is 2.83 bits per heavy atom. The fraction of sp³-hybridized carbons (Fsp3) is 0.650. The second-order valence-corrected chi connectivity index (χ2v) is 8.43. The van der Waals surface area contributed by atoms with Gasteiger partial charge in [-0.3, -0.25) is 4.79 Å². The minimum Gasteiger partial charge on any atom is -0.367 e. The van der Waals surface area contributed by atoms with E-state index in [1.54, 1.807) is 24.0 Å². The zero-order valence-corrected chi connectivity index (χ0v) is 16.9. The van der Waals surface area contributed by atoms with Crippen LogP contribution in [0.2, 0.25) is 0 Å². The summed E-state index contributed by atoms with van der Waals surface area (Å²) < 4.78 is 34.0. The monoisotopic (exact) mass is 407 g/mol. The van der Waals surface area contributed by atoms with Gasteiger partial charge in [-0.05, 0) is 32.1 Å². The first-order valence-electron chi connectivity index (χ1n) is 10.2. The van der Waals surface area contributed by atoms with Crippen molar-refractivity contribution >= 4 is 11.7 Å². The third-order valence-electron chi connectivity index (χ3n) is 5.92. The van der Waals surface area contributed by atoms with Gasteiger partial charge < -0.3 is 14.7 Å². The highest BCUT2D eigenvalue weighted by Gasteiger charge is 2.39. The molecule has 9 heteroatoms. The number of piperidine rings is 1. The number of aromatic nitrogens is 3. The summed E-state index contributed by atoms with van der Waals surface area (Å²) >= 11 is 0. The third kappa shape index (κ3) is 3.86. The number of amides is 1. The minimum atomic E-state index is -2.48. The summed E-state index contributed by atoms with van der Waals surface area (Å²) in [7, 11) is 0. The van der Waals surface area contributed by atoms with Crippen molar-refractivity contribution in [3.63, 3.8) is 0 Å². The maximum atomic E-state index is 13.7. The molecule has 0 aromatic carbocycles. The maximum absolute atomic E-state index is 13.7. The van der Waals surface area contributed by atoms with Gasteiger partial charge in [0.2, 0.25) is 0 Å². The molecule has 3 atom stereocenters. The van der Waals surface area contributed by atoms with Crippen LogP contribution in [-0.2, 0) is 0 Å². The van der Waals surface area contributed by atoms with Gasteiger partial charge in [0.15, 0.2) is 5.69 Å². The second kappa shape index (κ2) is 7.76. The number of nitrogens with zero attached hydrogens (tertiary/aromatic N) is 4. The van der Waals surface area contributed by atoms with Crippen LogP contribution >= 0.6 is 0 Å². The van der Waals surface area contributed by atoms with Gasteiger partial charge in [-0.25, -0.2) is 13.5 Å². The van der Waals surface area contributed by atoms with Crippen molar-refractivity contribution in [1.82, 2.24) is 19.8 Å². The SMILES string of the molecule is Cc1cc2n(n1)[C@@H](C(F)F)C[C@@H]([C@H]1CCCN(C(=O)c3cc(C(C)C)on3)C1)N2. The van der Waals surface area contributed by atoms with Gasteiger partial charge in [0.25, 0.3) is 12.3 Å². The number of alkyl halides is 2. The van der Waals surface area contributed by atoms with Crippen molar-refractivity contribution < 1.29 is 18.1 Å². The van der Waals surface area contributed by atoms with Crippen molar-refractivity contribution in [3.05, 3.63) is 29.3 Å². The first-order chi connectivity index (χ1) is 13.8. The van der Waals surface area contributed by atoms with E-state index < -0.39 is 12.5 Å². The predicted molar refractivity (Wildman–Crippen MR) is 103 cm³/mol. The summed E-state index contributed by atoms with van der Waals surface area (Å²) in [4.78, 5) is 14.7. The van der Waals surface area contributed by atoms with Gasteiger partial charge in [0.1, 0.15) is 17.6 Å². The largest absolute Gasteiger partial charge is 0.367 e. The lowest BCUT2D eigenvalue weighted by atomic mass is 9.86. The van der Waals surface area contributed by atoms with Crippen LogP contribution in [0.3, 0.4) is 0 Å². The molecule has 2 aliphatic heterocycles. The number of halogens is 2. The molecule has 0 spiro atoms. The van der Waals surface area contributed by atoms with Crippen LogP contribution in [0, 0.1) is 12.8 Å². The molecule has 1 amide bonds. The number of fused-ring (bicyclic) bond motifs is 1. The topological polar surface area (TPSA) is 76.2 Å². The van der Waals surface area contributed by atoms with Gasteiger partial charge in [-0.15, -0.1) is 0 Å². The van der Waals surface area contributed by atoms with Crippen LogP contribution in [0.4, 0.5) is 14.6 Å². The van der Waals surface area contributed by atoms with Gasteiger partial charge in [-0.1, -0.05) is 19.0 Å². The summed E-state index contributed by atoms with van der Waals surface area (Å²) in [5, 5.41) is 11.5. The average molecular weight is 407 g/mol. The molecule has 2 aliphatic rings. The predicted octanol–water partition coefficient (Wildman–Crippen LogP) is 3.85. The molecule has 2 aromatic rings. The molecule has 0 unspecified atom stereocenters. The van der Waals surface area contributed by atoms with Crippen molar-refractivity contribution in [2.24, 2.45) is 5.92 Å². The number of hydrogen-bond donors (Lipinski definition) is 1. The van der Waals surface area contributed by atoms with E-state index in [0.717, 1.165) is 12.8 Å². The lowest BCUT2D eigenvalue weighted by molar-refractivity contribution is 0.0501. The standard InChI is InChI=1S/C20H27F2N5O2/c1-11(2)17-9-15(25-29-17)20(28)26-6-4-5-13(10-26)14-8-16(19(21)22)27-18(23-14)7-12(3)24-27/h7,9,11,13-14,16,19,23H,4-6,8,10H2,1-3H3/t13-,14-,16+/m0/s1. The van der Waals surface area contributed by atoms with Crippen LogP contribution in [-0.4, -0.2) is 51.3 Å². The summed E-state index contributed by atoms with van der Waals surface area (Å²) in [5.74, 6) is 1.40. The van der Waals surface area contributed by atoms with Gasteiger partial charge in [0, 0.05) is 37.2 Å². The number of aryl methyl sites for hydroxylation is 1. The van der Waals surface area contributed by atoms with Gasteiger partial charge in [0.05, 0.1) is 5.69 Å². The molecule has 158 valence electrons. The van der Waals surface area contributed by atoms with Crippen molar-refractivity contribution in [1.29, 1.82) is 0 Å². The maximum Gasteiger partial charge on any atom is 0.276 e. The Hall–Kier alpha value is -2.45. The summed E-state index contributed by atoms with van der Waals surface area (Å²) in [6.45, 7) is 6.91. The van der Waals surface area contributed by atoms with Crippen molar-refractivity contribution in [2.75, 3.05) is 18.4 Å². The Morgan fingerprint density at radius 2 is 2.14 bits per heavy atom. The third-order valence-corrected chi connectivity index (χ3v) is 5.92. The molecule has 4 heterocycles. The highest BCUT2D eigenvalue weighted by molar-refractivity contribution is 5.92. The molecule has 0 radical (unpaired) electrons. The Kier molecular flexibility index (Phi) is 5.31. The lowest BCUT2D eigenvalue weighted by Gasteiger charge is -2.41. The van der Waals surface area contributed by atoms with Crippen LogP contribution < -0.4 is 5.32 Å². The second-order valence-electron chi connectivity index (χ2n) is 8.43. The lowest BCUT2D eigenvalue weighted by Crippen LogP contribution is -2.48. The van der Waals surface area contributed by atoms with Gasteiger partial charge in [-0.2, -0.15) is 5.10 Å². The quantitative estimate of drug-likeness (QED) is 0.833. The summed E-state index contributed by atoms with van der Waals surface area (Å²) in [6.07, 6.45) is -0.467. The Balaban J connectivity index is 1.48. The number of hydrogen-bond acceptors (Lipinski definition) is 5. The molecule has 4 rings (SSSR count). The van der Waals surface area contributed by atoms with E-state index in [-0.39, 0.29) is 23.8 Å².